The summed E-state index contributed by atoms with van der Waals surface area (Å²) in [6.07, 6.45) is 8.43. The molecule has 1 N–H and O–H groups in total. The van der Waals surface area contributed by atoms with Gasteiger partial charge in [0.15, 0.2) is 0 Å². The average molecular weight is 420 g/mol. The molecule has 30 heavy (non-hydrogen) atoms. The van der Waals surface area contributed by atoms with Crippen LogP contribution in [0.5, 0.6) is 5.75 Å². The molecule has 8 heteroatoms. The molecule has 0 fully saturated rings. The lowest BCUT2D eigenvalue weighted by atomic mass is 10.2. The van der Waals surface area contributed by atoms with Crippen LogP contribution in [0.4, 0.5) is 5.69 Å². The van der Waals surface area contributed by atoms with Crippen molar-refractivity contribution < 1.29 is 9.53 Å². The summed E-state index contributed by atoms with van der Waals surface area (Å²) in [6, 6.07) is 14.6. The second-order valence-electron chi connectivity index (χ2n) is 6.51. The van der Waals surface area contributed by atoms with Crippen LogP contribution in [0.15, 0.2) is 79.5 Å². The number of nitrogens with zero attached hydrogens (tertiary/aromatic N) is 4. The summed E-state index contributed by atoms with van der Waals surface area (Å²) in [5.74, 6) is 0.263. The van der Waals surface area contributed by atoms with Gasteiger partial charge in [0.1, 0.15) is 18.1 Å². The highest BCUT2D eigenvalue weighted by Crippen LogP contribution is 2.24. The van der Waals surface area contributed by atoms with Crippen LogP contribution in [0.3, 0.4) is 0 Å². The monoisotopic (exact) mass is 419 g/mol. The number of amides is 1. The SMILES string of the molecule is O=C(Nc1cnn(Cc2cccnc2)c1)c1cc(COc2ccccc2Cl)ccn1. The number of nitrogens with one attached hydrogen (secondary N) is 1. The van der Waals surface area contributed by atoms with Gasteiger partial charge in [-0.05, 0) is 41.5 Å². The topological polar surface area (TPSA) is 81.9 Å². The lowest BCUT2D eigenvalue weighted by Crippen LogP contribution is -2.14. The number of carbonyl (C=O) groups excluding carboxylic acids is 1. The summed E-state index contributed by atoms with van der Waals surface area (Å²) in [5, 5.41) is 7.62. The Balaban J connectivity index is 1.38. The fraction of sp³-hybridized carbons (Fsp3) is 0.0909. The number of hydrogen-bond donors (Lipinski definition) is 1. The predicted octanol–water partition coefficient (Wildman–Crippen LogP) is 4.21. The van der Waals surface area contributed by atoms with Gasteiger partial charge in [0.25, 0.3) is 5.91 Å². The van der Waals surface area contributed by atoms with Crippen LogP contribution >= 0.6 is 11.6 Å². The highest BCUT2D eigenvalue weighted by molar-refractivity contribution is 6.32. The zero-order valence-corrected chi connectivity index (χ0v) is 16.7. The third-order valence-electron chi connectivity index (χ3n) is 4.25. The molecular weight excluding hydrogens is 402 g/mol. The predicted molar refractivity (Wildman–Crippen MR) is 114 cm³/mol. The van der Waals surface area contributed by atoms with Gasteiger partial charge >= 0.3 is 0 Å². The number of hydrogen-bond acceptors (Lipinski definition) is 5. The van der Waals surface area contributed by atoms with Gasteiger partial charge in [-0.15, -0.1) is 0 Å². The molecule has 0 spiro atoms. The van der Waals surface area contributed by atoms with Crippen molar-refractivity contribution in [1.82, 2.24) is 19.7 Å². The maximum absolute atomic E-state index is 12.6. The van der Waals surface area contributed by atoms with Crippen LogP contribution in [0.25, 0.3) is 0 Å². The van der Waals surface area contributed by atoms with E-state index in [2.05, 4.69) is 20.4 Å². The van der Waals surface area contributed by atoms with Gasteiger partial charge in [0, 0.05) is 24.8 Å². The van der Waals surface area contributed by atoms with E-state index < -0.39 is 0 Å². The molecule has 0 saturated heterocycles. The molecule has 7 nitrogen and oxygen atoms in total. The summed E-state index contributed by atoms with van der Waals surface area (Å²) in [6.45, 7) is 0.840. The zero-order valence-electron chi connectivity index (χ0n) is 15.9. The Morgan fingerprint density at radius 3 is 2.80 bits per heavy atom. The number of carbonyl (C=O) groups is 1. The van der Waals surface area contributed by atoms with Crippen molar-refractivity contribution in [2.75, 3.05) is 5.32 Å². The Morgan fingerprint density at radius 1 is 1.07 bits per heavy atom. The van der Waals surface area contributed by atoms with Gasteiger partial charge in [-0.25, -0.2) is 0 Å². The van der Waals surface area contributed by atoms with Gasteiger partial charge in [-0.1, -0.05) is 29.8 Å². The van der Waals surface area contributed by atoms with Crippen LogP contribution in [-0.2, 0) is 13.2 Å². The molecule has 4 aromatic rings. The molecule has 0 bridgehead atoms. The fourth-order valence-electron chi connectivity index (χ4n) is 2.80. The first kappa shape index (κ1) is 19.6. The fourth-order valence-corrected chi connectivity index (χ4v) is 2.99. The van der Waals surface area contributed by atoms with Gasteiger partial charge in [0.05, 0.1) is 23.5 Å². The molecular formula is C22H18ClN5O2. The molecule has 150 valence electrons. The highest BCUT2D eigenvalue weighted by Gasteiger charge is 2.11. The molecule has 0 radical (unpaired) electrons. The van der Waals surface area contributed by atoms with Crippen molar-refractivity contribution >= 4 is 23.2 Å². The number of anilines is 1. The van der Waals surface area contributed by atoms with Crippen LogP contribution in [-0.4, -0.2) is 25.7 Å². The number of rotatable bonds is 7. The first-order valence-corrected chi connectivity index (χ1v) is 9.60. The lowest BCUT2D eigenvalue weighted by Gasteiger charge is -2.08. The standard InChI is InChI=1S/C22H18ClN5O2/c23-19-5-1-2-6-21(19)30-15-16-7-9-25-20(10-16)22(29)27-18-12-26-28(14-18)13-17-4-3-8-24-11-17/h1-12,14H,13,15H2,(H,27,29). The summed E-state index contributed by atoms with van der Waals surface area (Å²) < 4.78 is 7.46. The van der Waals surface area contributed by atoms with E-state index in [1.165, 1.54) is 0 Å². The molecule has 0 atom stereocenters. The third kappa shape index (κ3) is 5.01. The molecule has 0 aliphatic heterocycles. The number of pyridine rings is 2. The van der Waals surface area contributed by atoms with Gasteiger partial charge in [-0.2, -0.15) is 5.10 Å². The highest BCUT2D eigenvalue weighted by atomic mass is 35.5. The maximum atomic E-state index is 12.6. The Kier molecular flexibility index (Phi) is 6.01. The minimum atomic E-state index is -0.324. The first-order valence-electron chi connectivity index (χ1n) is 9.22. The van der Waals surface area contributed by atoms with Gasteiger partial charge in [0.2, 0.25) is 0 Å². The number of ether oxygens (including phenoxy) is 1. The summed E-state index contributed by atoms with van der Waals surface area (Å²) in [7, 11) is 0. The molecule has 4 rings (SSSR count). The largest absolute Gasteiger partial charge is 0.487 e. The van der Waals surface area contributed by atoms with E-state index in [4.69, 9.17) is 16.3 Å². The zero-order chi connectivity index (χ0) is 20.8. The van der Waals surface area contributed by atoms with Crippen molar-refractivity contribution in [3.63, 3.8) is 0 Å². The summed E-state index contributed by atoms with van der Waals surface area (Å²) in [5.41, 5.74) is 2.70. The summed E-state index contributed by atoms with van der Waals surface area (Å²) in [4.78, 5) is 20.8. The van der Waals surface area contributed by atoms with Crippen molar-refractivity contribution in [1.29, 1.82) is 0 Å². The average Bonchev–Trinajstić information content (AvgIpc) is 3.20. The van der Waals surface area contributed by atoms with E-state index in [0.717, 1.165) is 11.1 Å². The van der Waals surface area contributed by atoms with E-state index in [1.54, 1.807) is 59.9 Å². The number of para-hydroxylation sites is 1. The molecule has 0 aliphatic carbocycles. The third-order valence-corrected chi connectivity index (χ3v) is 4.56. The van der Waals surface area contributed by atoms with E-state index in [1.807, 2.05) is 24.3 Å². The number of aromatic nitrogens is 4. The quantitative estimate of drug-likeness (QED) is 0.485. The van der Waals surface area contributed by atoms with Gasteiger partial charge in [-0.3, -0.25) is 19.4 Å². The maximum Gasteiger partial charge on any atom is 0.274 e. The second-order valence-corrected chi connectivity index (χ2v) is 6.92. The number of halogens is 1. The number of benzene rings is 1. The van der Waals surface area contributed by atoms with Gasteiger partial charge < -0.3 is 10.1 Å². The van der Waals surface area contributed by atoms with E-state index in [0.29, 0.717) is 23.0 Å². The summed E-state index contributed by atoms with van der Waals surface area (Å²) >= 11 is 6.10. The lowest BCUT2D eigenvalue weighted by molar-refractivity contribution is 0.102. The second kappa shape index (κ2) is 9.19. The minimum absolute atomic E-state index is 0.273. The van der Waals surface area contributed by atoms with Crippen LogP contribution in [0, 0.1) is 0 Å². The molecule has 3 heterocycles. The Morgan fingerprint density at radius 2 is 1.97 bits per heavy atom. The van der Waals surface area contributed by atoms with Crippen molar-refractivity contribution in [3.8, 4) is 5.75 Å². The normalized spacial score (nSPS) is 10.6. The molecule has 0 saturated carbocycles. The van der Waals surface area contributed by atoms with Crippen LogP contribution in [0.1, 0.15) is 21.6 Å². The van der Waals surface area contributed by atoms with E-state index in [9.17, 15) is 4.79 Å². The molecule has 0 aliphatic rings. The van der Waals surface area contributed by atoms with Crippen molar-refractivity contribution in [2.45, 2.75) is 13.2 Å². The van der Waals surface area contributed by atoms with Crippen LogP contribution in [0.2, 0.25) is 5.02 Å². The van der Waals surface area contributed by atoms with Crippen molar-refractivity contribution in [3.05, 3.63) is 101 Å². The Bertz CT molecular complexity index is 1150. The molecule has 0 unspecified atom stereocenters. The minimum Gasteiger partial charge on any atom is -0.487 e. The molecule has 1 aromatic carbocycles. The first-order chi connectivity index (χ1) is 14.7. The Hall–Kier alpha value is -3.71. The van der Waals surface area contributed by atoms with Crippen molar-refractivity contribution in [2.24, 2.45) is 0 Å². The van der Waals surface area contributed by atoms with E-state index >= 15 is 0 Å². The molecule has 3 aromatic heterocycles. The van der Waals surface area contributed by atoms with Crippen LogP contribution < -0.4 is 10.1 Å². The molecule has 1 amide bonds. The Labute approximate surface area is 178 Å². The smallest absolute Gasteiger partial charge is 0.274 e. The van der Waals surface area contributed by atoms with E-state index in [-0.39, 0.29) is 18.2 Å².